The molecule has 5 heteroatoms. The van der Waals surface area contributed by atoms with Crippen molar-refractivity contribution in [3.8, 4) is 5.75 Å². The minimum absolute atomic E-state index is 0.0506. The number of hydrogen-bond acceptors (Lipinski definition) is 3. The van der Waals surface area contributed by atoms with Crippen molar-refractivity contribution in [1.29, 1.82) is 0 Å². The van der Waals surface area contributed by atoms with E-state index in [4.69, 9.17) is 21.4 Å². The van der Waals surface area contributed by atoms with E-state index in [0.717, 1.165) is 18.5 Å². The van der Waals surface area contributed by atoms with Gasteiger partial charge in [-0.25, -0.2) is 4.79 Å². The Morgan fingerprint density at radius 1 is 1.47 bits per heavy atom. The zero-order chi connectivity index (χ0) is 14.4. The fraction of sp³-hybridized carbons (Fsp3) is 0.500. The third kappa shape index (κ3) is 4.73. The zero-order valence-corrected chi connectivity index (χ0v) is 12.2. The molecular formula is C14H20ClNO3. The number of carboxylic acids is 1. The molecule has 2 atom stereocenters. The van der Waals surface area contributed by atoms with Gasteiger partial charge >= 0.3 is 5.97 Å². The first-order valence-corrected chi connectivity index (χ1v) is 6.75. The molecule has 0 aliphatic carbocycles. The molecule has 0 radical (unpaired) electrons. The second-order valence-corrected chi connectivity index (χ2v) is 4.89. The van der Waals surface area contributed by atoms with Crippen LogP contribution in [0.15, 0.2) is 18.2 Å². The molecule has 106 valence electrons. The Bertz CT molecular complexity index is 437. The molecule has 0 amide bonds. The van der Waals surface area contributed by atoms with Crippen LogP contribution < -0.4 is 10.1 Å². The Kier molecular flexibility index (Phi) is 6.12. The second-order valence-electron chi connectivity index (χ2n) is 4.46. The molecule has 0 aromatic heterocycles. The molecule has 2 N–H and O–H groups in total. The molecular weight excluding hydrogens is 266 g/mol. The van der Waals surface area contributed by atoms with Crippen molar-refractivity contribution in [3.63, 3.8) is 0 Å². The fourth-order valence-corrected chi connectivity index (χ4v) is 1.86. The summed E-state index contributed by atoms with van der Waals surface area (Å²) in [5, 5.41) is 12.8. The van der Waals surface area contributed by atoms with Crippen molar-refractivity contribution in [2.24, 2.45) is 0 Å². The molecule has 0 aliphatic rings. The van der Waals surface area contributed by atoms with Crippen LogP contribution in [0.1, 0.15) is 38.8 Å². The lowest BCUT2D eigenvalue weighted by atomic mass is 10.1. The second kappa shape index (κ2) is 7.36. The maximum Gasteiger partial charge on any atom is 0.344 e. The van der Waals surface area contributed by atoms with Crippen LogP contribution in [0.3, 0.4) is 0 Å². The summed E-state index contributed by atoms with van der Waals surface area (Å²) in [7, 11) is 0. The number of carbonyl (C=O) groups is 1. The summed E-state index contributed by atoms with van der Waals surface area (Å²) in [4.78, 5) is 10.9. The average molecular weight is 286 g/mol. The number of hydrogen-bond donors (Lipinski definition) is 2. The lowest BCUT2D eigenvalue weighted by Gasteiger charge is -2.20. The van der Waals surface area contributed by atoms with Crippen molar-refractivity contribution >= 4 is 17.6 Å². The first-order valence-electron chi connectivity index (χ1n) is 6.38. The van der Waals surface area contributed by atoms with Crippen molar-refractivity contribution in [3.05, 3.63) is 28.8 Å². The van der Waals surface area contributed by atoms with E-state index in [1.54, 1.807) is 18.2 Å². The normalized spacial score (nSPS) is 13.9. The topological polar surface area (TPSA) is 58.6 Å². The van der Waals surface area contributed by atoms with Gasteiger partial charge in [-0.15, -0.1) is 0 Å². The number of benzene rings is 1. The van der Waals surface area contributed by atoms with Crippen LogP contribution in [-0.4, -0.2) is 23.7 Å². The van der Waals surface area contributed by atoms with Gasteiger partial charge in [0.25, 0.3) is 0 Å². The van der Waals surface area contributed by atoms with Gasteiger partial charge in [-0.2, -0.15) is 0 Å². The fourth-order valence-electron chi connectivity index (χ4n) is 1.68. The van der Waals surface area contributed by atoms with E-state index in [1.807, 2.05) is 6.92 Å². The number of ether oxygens (including phenoxy) is 1. The third-order valence-electron chi connectivity index (χ3n) is 2.79. The Labute approximate surface area is 118 Å². The Hall–Kier alpha value is -1.26. The van der Waals surface area contributed by atoms with Crippen LogP contribution in [0, 0.1) is 0 Å². The van der Waals surface area contributed by atoms with Gasteiger partial charge in [0.1, 0.15) is 5.75 Å². The van der Waals surface area contributed by atoms with Crippen molar-refractivity contribution < 1.29 is 14.6 Å². The van der Waals surface area contributed by atoms with Crippen molar-refractivity contribution in [2.45, 2.75) is 39.3 Å². The summed E-state index contributed by atoms with van der Waals surface area (Å²) in [6.45, 7) is 6.47. The third-order valence-corrected chi connectivity index (χ3v) is 3.03. The Balaban J connectivity index is 2.93. The molecule has 2 unspecified atom stereocenters. The molecule has 0 fully saturated rings. The van der Waals surface area contributed by atoms with E-state index in [0.29, 0.717) is 10.8 Å². The summed E-state index contributed by atoms with van der Waals surface area (Å²) in [5.41, 5.74) is 0.869. The summed E-state index contributed by atoms with van der Waals surface area (Å²) in [6, 6.07) is 5.26. The number of carboxylic acid groups (broad SMARTS) is 1. The van der Waals surface area contributed by atoms with Gasteiger partial charge in [0, 0.05) is 16.6 Å². The monoisotopic (exact) mass is 285 g/mol. The lowest BCUT2D eigenvalue weighted by molar-refractivity contribution is -0.144. The van der Waals surface area contributed by atoms with E-state index in [-0.39, 0.29) is 6.04 Å². The van der Waals surface area contributed by atoms with Gasteiger partial charge in [0.15, 0.2) is 6.10 Å². The lowest BCUT2D eigenvalue weighted by Crippen LogP contribution is -2.25. The predicted octanol–water partition coefficient (Wildman–Crippen LogP) is 3.25. The van der Waals surface area contributed by atoms with E-state index >= 15 is 0 Å². The van der Waals surface area contributed by atoms with Gasteiger partial charge in [-0.1, -0.05) is 18.5 Å². The highest BCUT2D eigenvalue weighted by atomic mass is 35.5. The molecule has 1 rings (SSSR count). The molecule has 0 aliphatic heterocycles. The minimum Gasteiger partial charge on any atom is -0.479 e. The van der Waals surface area contributed by atoms with Crippen molar-refractivity contribution in [2.75, 3.05) is 6.54 Å². The highest BCUT2D eigenvalue weighted by molar-refractivity contribution is 6.30. The molecule has 4 nitrogen and oxygen atoms in total. The van der Waals surface area contributed by atoms with E-state index in [2.05, 4.69) is 12.2 Å². The first kappa shape index (κ1) is 15.8. The standard InChI is InChI=1S/C14H20ClNO3/c1-4-7-16-9(2)12-8-11(15)5-6-13(12)19-10(3)14(17)18/h5-6,8-10,16H,4,7H2,1-3H3,(H,17,18). The molecule has 0 heterocycles. The molecule has 1 aromatic carbocycles. The summed E-state index contributed by atoms with van der Waals surface area (Å²) in [6.07, 6.45) is 0.130. The number of rotatable bonds is 7. The van der Waals surface area contributed by atoms with Crippen molar-refractivity contribution in [1.82, 2.24) is 5.32 Å². The maximum absolute atomic E-state index is 10.9. The largest absolute Gasteiger partial charge is 0.479 e. The summed E-state index contributed by atoms with van der Waals surface area (Å²) >= 11 is 5.99. The van der Waals surface area contributed by atoms with Gasteiger partial charge < -0.3 is 15.2 Å². The van der Waals surface area contributed by atoms with Crippen LogP contribution in [-0.2, 0) is 4.79 Å². The van der Waals surface area contributed by atoms with Crippen LogP contribution in [0.25, 0.3) is 0 Å². The summed E-state index contributed by atoms with van der Waals surface area (Å²) in [5.74, 6) is -0.439. The van der Waals surface area contributed by atoms with Crippen LogP contribution >= 0.6 is 11.6 Å². The molecule has 0 saturated heterocycles. The number of halogens is 1. The quantitative estimate of drug-likeness (QED) is 0.807. The van der Waals surface area contributed by atoms with Crippen LogP contribution in [0.2, 0.25) is 5.02 Å². The SMILES string of the molecule is CCCNC(C)c1cc(Cl)ccc1OC(C)C(=O)O. The van der Waals surface area contributed by atoms with Crippen LogP contribution in [0.5, 0.6) is 5.75 Å². The predicted molar refractivity (Wildman–Crippen MR) is 75.9 cm³/mol. The molecule has 1 aromatic rings. The molecule has 0 spiro atoms. The van der Waals surface area contributed by atoms with Gasteiger partial charge in [0.05, 0.1) is 0 Å². The van der Waals surface area contributed by atoms with E-state index in [9.17, 15) is 4.79 Å². The van der Waals surface area contributed by atoms with E-state index in [1.165, 1.54) is 6.92 Å². The Morgan fingerprint density at radius 3 is 2.74 bits per heavy atom. The van der Waals surface area contributed by atoms with Crippen LogP contribution in [0.4, 0.5) is 0 Å². The molecule has 19 heavy (non-hydrogen) atoms. The van der Waals surface area contributed by atoms with Gasteiger partial charge in [-0.3, -0.25) is 0 Å². The maximum atomic E-state index is 10.9. The van der Waals surface area contributed by atoms with E-state index < -0.39 is 12.1 Å². The zero-order valence-electron chi connectivity index (χ0n) is 11.4. The van der Waals surface area contributed by atoms with Gasteiger partial charge in [0.2, 0.25) is 0 Å². The van der Waals surface area contributed by atoms with Gasteiger partial charge in [-0.05, 0) is 45.0 Å². The summed E-state index contributed by atoms with van der Waals surface area (Å²) < 4.78 is 5.46. The average Bonchev–Trinajstić information content (AvgIpc) is 2.37. The molecule has 0 bridgehead atoms. The molecule has 0 saturated carbocycles. The Morgan fingerprint density at radius 2 is 2.16 bits per heavy atom. The highest BCUT2D eigenvalue weighted by Crippen LogP contribution is 2.29. The minimum atomic E-state index is -0.991. The highest BCUT2D eigenvalue weighted by Gasteiger charge is 2.17. The number of aliphatic carboxylic acids is 1. The number of nitrogens with one attached hydrogen (secondary N) is 1. The first-order chi connectivity index (χ1) is 8.95. The smallest absolute Gasteiger partial charge is 0.344 e.